The molecule has 1 aliphatic heterocycles. The van der Waals surface area contributed by atoms with Crippen molar-refractivity contribution in [3.05, 3.63) is 90.3 Å². The van der Waals surface area contributed by atoms with Gasteiger partial charge in [-0.3, -0.25) is 24.3 Å². The monoisotopic (exact) mass is 633 g/mol. The molecule has 45 heavy (non-hydrogen) atoms. The molecule has 14 heteroatoms. The number of pyridine rings is 1. The second-order valence-electron chi connectivity index (χ2n) is 10.4. The first kappa shape index (κ1) is 33.1. The third kappa shape index (κ3) is 8.67. The average molecular weight is 634 g/mol. The number of benzene rings is 2. The van der Waals surface area contributed by atoms with E-state index in [1.807, 2.05) is 0 Å². The van der Waals surface area contributed by atoms with E-state index in [2.05, 4.69) is 15.3 Å². The number of primary amides is 1. The number of halogens is 6. The summed E-state index contributed by atoms with van der Waals surface area (Å²) in [5.74, 6) is -6.67. The molecule has 0 saturated carbocycles. The molecule has 0 spiro atoms. The van der Waals surface area contributed by atoms with Crippen LogP contribution in [0.4, 0.5) is 37.7 Å². The second-order valence-corrected chi connectivity index (χ2v) is 10.4. The van der Waals surface area contributed by atoms with Gasteiger partial charge in [0.1, 0.15) is 0 Å². The van der Waals surface area contributed by atoms with Crippen LogP contribution in [-0.4, -0.2) is 46.9 Å². The highest BCUT2D eigenvalue weighted by Crippen LogP contribution is 2.35. The predicted octanol–water partition coefficient (Wildman–Crippen LogP) is 5.83. The minimum Gasteiger partial charge on any atom is -0.369 e. The molecule has 238 valence electrons. The lowest BCUT2D eigenvalue weighted by molar-refractivity contribution is -0.147. The molecule has 2 unspecified atom stereocenters. The van der Waals surface area contributed by atoms with Crippen LogP contribution < -0.4 is 16.0 Å². The number of benzodiazepines with no additional fused rings is 1. The highest BCUT2D eigenvalue weighted by atomic mass is 19.4. The van der Waals surface area contributed by atoms with Gasteiger partial charge in [0.15, 0.2) is 0 Å². The fraction of sp³-hybridized carbons (Fsp3) is 0.323. The van der Waals surface area contributed by atoms with Crippen LogP contribution in [0.25, 0.3) is 0 Å². The van der Waals surface area contributed by atoms with Crippen LogP contribution >= 0.6 is 0 Å². The summed E-state index contributed by atoms with van der Waals surface area (Å²) in [6.45, 7) is 0. The molecule has 0 bridgehead atoms. The minimum absolute atomic E-state index is 0.278. The van der Waals surface area contributed by atoms with E-state index in [1.165, 1.54) is 17.3 Å². The molecule has 2 heterocycles. The smallest absolute Gasteiger partial charge is 0.369 e. The number of aromatic nitrogens is 1. The molecule has 3 N–H and O–H groups in total. The van der Waals surface area contributed by atoms with Crippen LogP contribution in [0, 0.1) is 11.8 Å². The van der Waals surface area contributed by atoms with Crippen molar-refractivity contribution in [3.63, 3.8) is 0 Å². The van der Waals surface area contributed by atoms with E-state index in [4.69, 9.17) is 5.73 Å². The zero-order valence-electron chi connectivity index (χ0n) is 23.7. The Bertz CT molecular complexity index is 1530. The summed E-state index contributed by atoms with van der Waals surface area (Å²) in [5, 5.41) is 2.39. The maximum absolute atomic E-state index is 14.1. The fourth-order valence-corrected chi connectivity index (χ4v) is 5.18. The number of alkyl halides is 6. The Morgan fingerprint density at radius 2 is 1.53 bits per heavy atom. The Kier molecular flexibility index (Phi) is 10.2. The van der Waals surface area contributed by atoms with Crippen LogP contribution in [0.5, 0.6) is 0 Å². The Morgan fingerprint density at radius 3 is 2.16 bits per heavy atom. The Hall–Kier alpha value is -4.75. The summed E-state index contributed by atoms with van der Waals surface area (Å²) >= 11 is 0. The normalized spacial score (nSPS) is 16.7. The lowest BCUT2D eigenvalue weighted by Gasteiger charge is -2.28. The lowest BCUT2D eigenvalue weighted by atomic mass is 9.83. The van der Waals surface area contributed by atoms with Crippen LogP contribution in [0.1, 0.15) is 43.2 Å². The summed E-state index contributed by atoms with van der Waals surface area (Å²) in [5.41, 5.74) is 7.42. The highest BCUT2D eigenvalue weighted by molar-refractivity contribution is 6.21. The molecule has 3 atom stereocenters. The van der Waals surface area contributed by atoms with Crippen molar-refractivity contribution in [1.29, 1.82) is 0 Å². The van der Waals surface area contributed by atoms with E-state index in [9.17, 15) is 40.7 Å². The number of nitrogens with two attached hydrogens (primary N) is 1. The Morgan fingerprint density at radius 1 is 0.867 bits per heavy atom. The van der Waals surface area contributed by atoms with E-state index < -0.39 is 80.2 Å². The number of rotatable bonds is 11. The first-order valence-electron chi connectivity index (χ1n) is 13.9. The minimum atomic E-state index is -4.75. The molecule has 4 rings (SSSR count). The van der Waals surface area contributed by atoms with Gasteiger partial charge in [-0.25, -0.2) is 4.99 Å². The highest BCUT2D eigenvalue weighted by Gasteiger charge is 2.40. The van der Waals surface area contributed by atoms with Gasteiger partial charge in [-0.2, -0.15) is 26.3 Å². The predicted molar refractivity (Wildman–Crippen MR) is 153 cm³/mol. The van der Waals surface area contributed by atoms with E-state index in [1.54, 1.807) is 66.7 Å². The number of hydrogen-bond acceptors (Lipinski definition) is 5. The van der Waals surface area contributed by atoms with E-state index in [-0.39, 0.29) is 5.71 Å². The van der Waals surface area contributed by atoms with E-state index in [0.717, 1.165) is 0 Å². The zero-order chi connectivity index (χ0) is 32.8. The van der Waals surface area contributed by atoms with Gasteiger partial charge < -0.3 is 11.1 Å². The third-order valence-electron chi connectivity index (χ3n) is 7.25. The quantitative estimate of drug-likeness (QED) is 0.258. The topological polar surface area (TPSA) is 118 Å². The van der Waals surface area contributed by atoms with Gasteiger partial charge in [-0.15, -0.1) is 0 Å². The van der Waals surface area contributed by atoms with Gasteiger partial charge in [0.25, 0.3) is 5.91 Å². The number of amides is 3. The summed E-state index contributed by atoms with van der Waals surface area (Å²) < 4.78 is 78.3. The van der Waals surface area contributed by atoms with Gasteiger partial charge in [0.2, 0.25) is 18.0 Å². The maximum Gasteiger partial charge on any atom is 0.389 e. The van der Waals surface area contributed by atoms with Crippen molar-refractivity contribution >= 4 is 34.8 Å². The summed E-state index contributed by atoms with van der Waals surface area (Å²) in [4.78, 5) is 50.0. The van der Waals surface area contributed by atoms with Crippen molar-refractivity contribution in [2.45, 2.75) is 50.6 Å². The molecule has 0 saturated heterocycles. The summed E-state index contributed by atoms with van der Waals surface area (Å²) in [6.07, 6.45) is -13.2. The van der Waals surface area contributed by atoms with Gasteiger partial charge in [0.05, 0.1) is 23.3 Å². The summed E-state index contributed by atoms with van der Waals surface area (Å²) in [6, 6.07) is 18.6. The molecule has 3 amide bonds. The molecular formula is C31H29F6N5O3. The Labute approximate surface area is 254 Å². The largest absolute Gasteiger partial charge is 0.389 e. The summed E-state index contributed by atoms with van der Waals surface area (Å²) in [7, 11) is 0. The fourth-order valence-electron chi connectivity index (χ4n) is 5.18. The number of carbonyl (C=O) groups excluding carboxylic acids is 3. The molecule has 0 aliphatic carbocycles. The van der Waals surface area contributed by atoms with Crippen LogP contribution in [0.15, 0.2) is 84.1 Å². The van der Waals surface area contributed by atoms with Gasteiger partial charge in [0, 0.05) is 42.0 Å². The van der Waals surface area contributed by atoms with E-state index >= 15 is 0 Å². The zero-order valence-corrected chi connectivity index (χ0v) is 23.7. The number of aliphatic imine (C=N–C) groups is 1. The van der Waals surface area contributed by atoms with Crippen molar-refractivity contribution in [3.8, 4) is 0 Å². The molecule has 0 radical (unpaired) electrons. The third-order valence-corrected chi connectivity index (χ3v) is 7.25. The van der Waals surface area contributed by atoms with Gasteiger partial charge in [-0.1, -0.05) is 48.5 Å². The van der Waals surface area contributed by atoms with Crippen molar-refractivity contribution in [2.24, 2.45) is 22.6 Å². The SMILES string of the molecule is NC(=O)C(CCCC(F)(F)F)C(CCC(F)(F)F)C(=O)N[C@H]1N=C(c2ccccc2)c2ccccc2N(c2cccnc2)C1=O. The number of nitrogens with one attached hydrogen (secondary N) is 1. The molecular weight excluding hydrogens is 604 g/mol. The van der Waals surface area contributed by atoms with Crippen LogP contribution in [0.3, 0.4) is 0 Å². The second kappa shape index (κ2) is 13.9. The number of fused-ring (bicyclic) bond motifs is 1. The number of carbonyl (C=O) groups is 3. The number of nitrogens with zero attached hydrogens (tertiary/aromatic N) is 3. The maximum atomic E-state index is 14.1. The molecule has 3 aromatic rings. The van der Waals surface area contributed by atoms with Crippen molar-refractivity contribution in [1.82, 2.24) is 10.3 Å². The molecule has 8 nitrogen and oxygen atoms in total. The van der Waals surface area contributed by atoms with Crippen molar-refractivity contribution in [2.75, 3.05) is 4.90 Å². The molecule has 1 aliphatic rings. The number of anilines is 2. The average Bonchev–Trinajstić information content (AvgIpc) is 3.10. The number of hydrogen-bond donors (Lipinski definition) is 2. The lowest BCUT2D eigenvalue weighted by Crippen LogP contribution is -2.50. The van der Waals surface area contributed by atoms with Crippen LogP contribution in [-0.2, 0) is 14.4 Å². The molecule has 0 fully saturated rings. The van der Waals surface area contributed by atoms with Gasteiger partial charge >= 0.3 is 12.4 Å². The standard InChI is InChI=1S/C31H29F6N5O3/c32-30(33,34)15-6-12-21(26(38)43)22(14-16-31(35,36)37)28(44)41-27-29(45)42(20-10-7-17-39-18-20)24-13-5-4-11-23(24)25(40-27)19-8-2-1-3-9-19/h1-5,7-11,13,17-18,21-22,27H,6,12,14-16H2,(H2,38,43)(H,41,44)/t21?,22?,27-/m1/s1. The molecule has 1 aromatic heterocycles. The van der Waals surface area contributed by atoms with Gasteiger partial charge in [-0.05, 0) is 37.5 Å². The molecule has 2 aromatic carbocycles. The Balaban J connectivity index is 1.77. The first-order valence-corrected chi connectivity index (χ1v) is 13.9. The van der Waals surface area contributed by atoms with Crippen molar-refractivity contribution < 1.29 is 40.7 Å². The van der Waals surface area contributed by atoms with Crippen LogP contribution in [0.2, 0.25) is 0 Å². The van der Waals surface area contributed by atoms with E-state index in [0.29, 0.717) is 22.5 Å². The number of para-hydroxylation sites is 1. The first-order chi connectivity index (χ1) is 21.2.